The van der Waals surface area contributed by atoms with E-state index in [0.717, 1.165) is 12.8 Å². The number of carboxylic acid groups (broad SMARTS) is 1. The second-order valence-electron chi connectivity index (χ2n) is 3.58. The summed E-state index contributed by atoms with van der Waals surface area (Å²) in [5, 5.41) is 8.40. The lowest BCUT2D eigenvalue weighted by atomic mass is 10.0. The van der Waals surface area contributed by atoms with E-state index >= 15 is 0 Å². The van der Waals surface area contributed by atoms with Gasteiger partial charge in [0.25, 0.3) is 0 Å². The number of carbonyl (C=O) groups is 1. The van der Waals surface area contributed by atoms with Crippen LogP contribution in [0.25, 0.3) is 0 Å². The third-order valence-electron chi connectivity index (χ3n) is 1.74. The molecule has 0 rings (SSSR count). The van der Waals surface area contributed by atoms with Crippen LogP contribution in [-0.2, 0) is 4.79 Å². The highest BCUT2D eigenvalue weighted by atomic mass is 16.4. The average molecular weight is 170 g/mol. The summed E-state index contributed by atoms with van der Waals surface area (Å²) in [4.78, 5) is 10.2. The molecule has 1 N–H and O–H groups in total. The maximum Gasteiger partial charge on any atom is 0.307 e. The van der Waals surface area contributed by atoms with Crippen LogP contribution in [-0.4, -0.2) is 11.1 Å². The minimum Gasteiger partial charge on any atom is -0.481 e. The zero-order chi connectivity index (χ0) is 9.56. The molecule has 12 heavy (non-hydrogen) atoms. The molecule has 0 fully saturated rings. The minimum absolute atomic E-state index is 0.157. The van der Waals surface area contributed by atoms with Crippen molar-refractivity contribution in [1.82, 2.24) is 0 Å². The molecule has 0 aromatic heterocycles. The lowest BCUT2D eigenvalue weighted by molar-refractivity contribution is -0.136. The van der Waals surface area contributed by atoms with Gasteiger partial charge in [-0.05, 0) is 25.7 Å². The van der Waals surface area contributed by atoms with Crippen molar-refractivity contribution in [3.05, 3.63) is 11.6 Å². The molecule has 0 heterocycles. The maximum absolute atomic E-state index is 10.2. The van der Waals surface area contributed by atoms with E-state index < -0.39 is 5.97 Å². The first kappa shape index (κ1) is 11.2. The van der Waals surface area contributed by atoms with E-state index in [1.54, 1.807) is 6.08 Å². The summed E-state index contributed by atoms with van der Waals surface area (Å²) < 4.78 is 0. The van der Waals surface area contributed by atoms with Crippen LogP contribution in [0.3, 0.4) is 0 Å². The summed E-state index contributed by atoms with van der Waals surface area (Å²) in [6.45, 7) is 6.33. The van der Waals surface area contributed by atoms with E-state index in [-0.39, 0.29) is 6.42 Å². The Hall–Kier alpha value is -0.790. The minimum atomic E-state index is -0.751. The summed E-state index contributed by atoms with van der Waals surface area (Å²) in [5.41, 5.74) is 1.19. The highest BCUT2D eigenvalue weighted by Gasteiger charge is 1.96. The normalized spacial score (nSPS) is 12.2. The second kappa shape index (κ2) is 5.81. The third-order valence-corrected chi connectivity index (χ3v) is 1.74. The second-order valence-corrected chi connectivity index (χ2v) is 3.58. The van der Waals surface area contributed by atoms with E-state index in [4.69, 9.17) is 5.11 Å². The van der Waals surface area contributed by atoms with Crippen LogP contribution in [0.15, 0.2) is 11.6 Å². The molecule has 0 atom stereocenters. The average Bonchev–Trinajstić information content (AvgIpc) is 1.96. The Balaban J connectivity index is 3.63. The summed E-state index contributed by atoms with van der Waals surface area (Å²) in [6.07, 6.45) is 4.11. The van der Waals surface area contributed by atoms with Gasteiger partial charge in [-0.15, -0.1) is 0 Å². The first-order chi connectivity index (χ1) is 5.52. The lowest BCUT2D eigenvalue weighted by Gasteiger charge is -2.03. The number of hydrogen-bond acceptors (Lipinski definition) is 1. The van der Waals surface area contributed by atoms with Gasteiger partial charge in [0.15, 0.2) is 0 Å². The van der Waals surface area contributed by atoms with Crippen LogP contribution in [0.4, 0.5) is 0 Å². The Labute approximate surface area is 74.3 Å². The Kier molecular flexibility index (Phi) is 5.43. The molecule has 0 aliphatic rings. The molecule has 2 nitrogen and oxygen atoms in total. The molecular weight excluding hydrogens is 152 g/mol. The zero-order valence-electron chi connectivity index (χ0n) is 8.13. The number of rotatable bonds is 5. The molecule has 0 saturated heterocycles. The van der Waals surface area contributed by atoms with Gasteiger partial charge in [-0.25, -0.2) is 0 Å². The predicted octanol–water partition coefficient (Wildman–Crippen LogP) is 2.84. The van der Waals surface area contributed by atoms with Gasteiger partial charge in [0.05, 0.1) is 6.42 Å². The van der Waals surface area contributed by atoms with Crippen LogP contribution in [0.1, 0.15) is 40.0 Å². The molecule has 0 amide bonds. The van der Waals surface area contributed by atoms with Crippen LogP contribution < -0.4 is 0 Å². The predicted molar refractivity (Wildman–Crippen MR) is 50.1 cm³/mol. The molecule has 0 aliphatic carbocycles. The van der Waals surface area contributed by atoms with E-state index in [1.165, 1.54) is 5.57 Å². The first-order valence-electron chi connectivity index (χ1n) is 4.39. The Morgan fingerprint density at radius 3 is 2.50 bits per heavy atom. The first-order valence-corrected chi connectivity index (χ1v) is 4.39. The number of allylic oxidation sites excluding steroid dienone is 1. The Morgan fingerprint density at radius 1 is 1.50 bits per heavy atom. The van der Waals surface area contributed by atoms with Crippen LogP contribution >= 0.6 is 0 Å². The molecule has 0 unspecified atom stereocenters. The quantitative estimate of drug-likeness (QED) is 0.644. The monoisotopic (exact) mass is 170 g/mol. The smallest absolute Gasteiger partial charge is 0.307 e. The van der Waals surface area contributed by atoms with Crippen molar-refractivity contribution in [2.45, 2.75) is 40.0 Å². The van der Waals surface area contributed by atoms with E-state index in [0.29, 0.717) is 5.92 Å². The number of carboxylic acids is 1. The van der Waals surface area contributed by atoms with Gasteiger partial charge in [-0.1, -0.05) is 25.5 Å². The summed E-state index contributed by atoms with van der Waals surface area (Å²) in [7, 11) is 0. The molecule has 0 saturated carbocycles. The highest BCUT2D eigenvalue weighted by Crippen LogP contribution is 2.10. The van der Waals surface area contributed by atoms with Crippen molar-refractivity contribution in [3.8, 4) is 0 Å². The van der Waals surface area contributed by atoms with Gasteiger partial charge < -0.3 is 5.11 Å². The molecule has 0 bridgehead atoms. The van der Waals surface area contributed by atoms with E-state index in [2.05, 4.69) is 13.8 Å². The van der Waals surface area contributed by atoms with Crippen molar-refractivity contribution < 1.29 is 9.90 Å². The largest absolute Gasteiger partial charge is 0.481 e. The van der Waals surface area contributed by atoms with Crippen LogP contribution in [0.2, 0.25) is 0 Å². The van der Waals surface area contributed by atoms with Gasteiger partial charge in [-0.3, -0.25) is 4.79 Å². The number of aliphatic carboxylic acids is 1. The van der Waals surface area contributed by atoms with Gasteiger partial charge in [-0.2, -0.15) is 0 Å². The van der Waals surface area contributed by atoms with E-state index in [9.17, 15) is 4.79 Å². The molecule has 0 radical (unpaired) electrons. The zero-order valence-corrected chi connectivity index (χ0v) is 8.13. The van der Waals surface area contributed by atoms with Crippen molar-refractivity contribution in [3.63, 3.8) is 0 Å². The van der Waals surface area contributed by atoms with Crippen molar-refractivity contribution >= 4 is 5.97 Å². The summed E-state index contributed by atoms with van der Waals surface area (Å²) >= 11 is 0. The Bertz CT molecular complexity index is 169. The number of hydrogen-bond donors (Lipinski definition) is 1. The molecule has 0 aromatic carbocycles. The molecular formula is C10H18O2. The Morgan fingerprint density at radius 2 is 2.08 bits per heavy atom. The van der Waals surface area contributed by atoms with Crippen molar-refractivity contribution in [2.24, 2.45) is 5.92 Å². The van der Waals surface area contributed by atoms with Crippen LogP contribution in [0.5, 0.6) is 0 Å². The van der Waals surface area contributed by atoms with Crippen LogP contribution in [0, 0.1) is 5.92 Å². The maximum atomic E-state index is 10.2. The fourth-order valence-corrected chi connectivity index (χ4v) is 0.880. The fraction of sp³-hybridized carbons (Fsp3) is 0.700. The third kappa shape index (κ3) is 7.32. The summed E-state index contributed by atoms with van der Waals surface area (Å²) in [6, 6.07) is 0. The molecule has 0 aliphatic heterocycles. The van der Waals surface area contributed by atoms with Crippen molar-refractivity contribution in [2.75, 3.05) is 0 Å². The molecule has 2 heteroatoms. The molecule has 70 valence electrons. The highest BCUT2D eigenvalue weighted by molar-refractivity contribution is 5.68. The van der Waals surface area contributed by atoms with Gasteiger partial charge >= 0.3 is 5.97 Å². The van der Waals surface area contributed by atoms with Gasteiger partial charge in [0.1, 0.15) is 0 Å². The fourth-order valence-electron chi connectivity index (χ4n) is 0.880. The molecule has 0 spiro atoms. The van der Waals surface area contributed by atoms with E-state index in [1.807, 2.05) is 6.92 Å². The SMILES string of the molecule is C/C(=C\CC(=O)O)CCC(C)C. The van der Waals surface area contributed by atoms with Gasteiger partial charge in [0, 0.05) is 0 Å². The molecule has 0 aromatic rings. The van der Waals surface area contributed by atoms with Gasteiger partial charge in [0.2, 0.25) is 0 Å². The summed E-state index contributed by atoms with van der Waals surface area (Å²) in [5.74, 6) is -0.0583. The lowest BCUT2D eigenvalue weighted by Crippen LogP contribution is -1.92. The van der Waals surface area contributed by atoms with Crippen molar-refractivity contribution in [1.29, 1.82) is 0 Å². The topological polar surface area (TPSA) is 37.3 Å². The standard InChI is InChI=1S/C10H18O2/c1-8(2)4-5-9(3)6-7-10(11)12/h6,8H,4-5,7H2,1-3H3,(H,11,12)/b9-6+.